The smallest absolute Gasteiger partial charge is 0.410 e. The first-order valence-corrected chi connectivity index (χ1v) is 13.6. The molecule has 0 radical (unpaired) electrons. The Kier molecular flexibility index (Phi) is 10.8. The highest BCUT2D eigenvalue weighted by molar-refractivity contribution is 5.74. The van der Waals surface area contributed by atoms with Gasteiger partial charge in [-0.05, 0) is 36.5 Å². The fraction of sp³-hybridized carbons (Fsp3) is 0.375. The number of amides is 1. The number of hydrogen-bond acceptors (Lipinski definition) is 6. The minimum absolute atomic E-state index is 0.222. The van der Waals surface area contributed by atoms with E-state index in [1.165, 1.54) is 4.90 Å². The van der Waals surface area contributed by atoms with Crippen molar-refractivity contribution in [1.82, 2.24) is 4.90 Å². The van der Waals surface area contributed by atoms with Gasteiger partial charge in [-0.1, -0.05) is 86.1 Å². The van der Waals surface area contributed by atoms with Crippen LogP contribution in [0.25, 0.3) is 0 Å². The molecule has 4 rings (SSSR count). The van der Waals surface area contributed by atoms with Crippen LogP contribution in [0.1, 0.15) is 49.3 Å². The van der Waals surface area contributed by atoms with Crippen molar-refractivity contribution in [2.75, 3.05) is 13.2 Å². The summed E-state index contributed by atoms with van der Waals surface area (Å²) in [5.41, 5.74) is 2.95. The van der Waals surface area contributed by atoms with Crippen molar-refractivity contribution in [2.24, 2.45) is 0 Å². The second kappa shape index (κ2) is 14.9. The summed E-state index contributed by atoms with van der Waals surface area (Å²) in [4.78, 5) is 25.8. The first kappa shape index (κ1) is 28.2. The molecule has 39 heavy (non-hydrogen) atoms. The van der Waals surface area contributed by atoms with E-state index in [9.17, 15) is 9.59 Å². The van der Waals surface area contributed by atoms with Gasteiger partial charge in [0.25, 0.3) is 0 Å². The minimum atomic E-state index is -0.479. The third-order valence-corrected chi connectivity index (χ3v) is 6.73. The van der Waals surface area contributed by atoms with Crippen LogP contribution in [0.4, 0.5) is 4.79 Å². The third-order valence-electron chi connectivity index (χ3n) is 6.73. The number of para-hydroxylation sites is 1. The number of benzene rings is 3. The molecule has 1 saturated heterocycles. The van der Waals surface area contributed by atoms with Crippen LogP contribution in [0.5, 0.6) is 11.5 Å². The van der Waals surface area contributed by atoms with Gasteiger partial charge in [-0.2, -0.15) is 0 Å². The monoisotopic (exact) mass is 531 g/mol. The van der Waals surface area contributed by atoms with Crippen molar-refractivity contribution in [3.05, 3.63) is 95.6 Å². The maximum atomic E-state index is 12.7. The largest absolute Gasteiger partial charge is 0.485 e. The van der Waals surface area contributed by atoms with Gasteiger partial charge in [-0.15, -0.1) is 0 Å². The second-order valence-corrected chi connectivity index (χ2v) is 9.62. The Bertz CT molecular complexity index is 1170. The van der Waals surface area contributed by atoms with Crippen LogP contribution in [0, 0.1) is 0 Å². The molecule has 2 unspecified atom stereocenters. The Morgan fingerprint density at radius 1 is 0.872 bits per heavy atom. The van der Waals surface area contributed by atoms with E-state index >= 15 is 0 Å². The molecule has 0 spiro atoms. The molecule has 7 heteroatoms. The molecule has 3 aromatic carbocycles. The highest BCUT2D eigenvalue weighted by atomic mass is 16.6. The summed E-state index contributed by atoms with van der Waals surface area (Å²) in [5.74, 6) is 1.27. The number of hydrogen-bond donors (Lipinski definition) is 0. The SMILES string of the molecule is CCCCOC(=O)N1C(C=O)CCC1COCc1cccc(OCc2ccccc2)c1OCc1ccccc1. The Balaban J connectivity index is 1.43. The van der Waals surface area contributed by atoms with E-state index in [1.54, 1.807) is 0 Å². The Labute approximate surface area is 230 Å². The first-order chi connectivity index (χ1) is 19.2. The number of ether oxygens (including phenoxy) is 4. The minimum Gasteiger partial charge on any atom is -0.485 e. The number of carbonyl (C=O) groups excluding carboxylic acids is 2. The van der Waals surface area contributed by atoms with Crippen LogP contribution in [0.3, 0.4) is 0 Å². The maximum absolute atomic E-state index is 12.7. The lowest BCUT2D eigenvalue weighted by Gasteiger charge is -2.27. The average molecular weight is 532 g/mol. The topological polar surface area (TPSA) is 74.3 Å². The summed E-state index contributed by atoms with van der Waals surface area (Å²) >= 11 is 0. The normalized spacial score (nSPS) is 16.6. The molecule has 2 atom stereocenters. The van der Waals surface area contributed by atoms with Crippen LogP contribution in [-0.2, 0) is 34.1 Å². The van der Waals surface area contributed by atoms with Crippen molar-refractivity contribution < 1.29 is 28.5 Å². The predicted molar refractivity (Wildman–Crippen MR) is 149 cm³/mol. The van der Waals surface area contributed by atoms with Crippen LogP contribution in [-0.4, -0.2) is 42.6 Å². The van der Waals surface area contributed by atoms with Crippen LogP contribution < -0.4 is 9.47 Å². The first-order valence-electron chi connectivity index (χ1n) is 13.6. The van der Waals surface area contributed by atoms with Crippen LogP contribution in [0.15, 0.2) is 78.9 Å². The molecule has 3 aromatic rings. The van der Waals surface area contributed by atoms with E-state index in [0.29, 0.717) is 50.8 Å². The number of carbonyl (C=O) groups is 2. The average Bonchev–Trinajstić information content (AvgIpc) is 3.39. The maximum Gasteiger partial charge on any atom is 0.410 e. The van der Waals surface area contributed by atoms with E-state index in [0.717, 1.165) is 35.8 Å². The molecule has 0 aliphatic carbocycles. The van der Waals surface area contributed by atoms with Crippen LogP contribution >= 0.6 is 0 Å². The molecule has 0 N–H and O–H groups in total. The number of aldehydes is 1. The number of rotatable bonds is 14. The molecule has 1 fully saturated rings. The van der Waals surface area contributed by atoms with Gasteiger partial charge >= 0.3 is 6.09 Å². The third kappa shape index (κ3) is 8.07. The molecular formula is C32H37NO6. The van der Waals surface area contributed by atoms with E-state index in [2.05, 4.69) is 0 Å². The highest BCUT2D eigenvalue weighted by Crippen LogP contribution is 2.34. The molecule has 1 amide bonds. The molecule has 0 bridgehead atoms. The van der Waals surface area contributed by atoms with E-state index in [-0.39, 0.29) is 12.6 Å². The summed E-state index contributed by atoms with van der Waals surface area (Å²) in [6.45, 7) is 3.75. The van der Waals surface area contributed by atoms with Crippen LogP contribution in [0.2, 0.25) is 0 Å². The molecule has 1 aliphatic rings. The zero-order valence-corrected chi connectivity index (χ0v) is 22.5. The van der Waals surface area contributed by atoms with Crippen molar-refractivity contribution >= 4 is 12.4 Å². The molecule has 1 aliphatic heterocycles. The van der Waals surface area contributed by atoms with Gasteiger partial charge in [-0.25, -0.2) is 4.79 Å². The lowest BCUT2D eigenvalue weighted by Crippen LogP contribution is -2.44. The zero-order valence-electron chi connectivity index (χ0n) is 22.5. The van der Waals surface area contributed by atoms with Gasteiger partial charge in [-0.3, -0.25) is 4.90 Å². The summed E-state index contributed by atoms with van der Waals surface area (Å²) in [7, 11) is 0. The van der Waals surface area contributed by atoms with Gasteiger partial charge in [0.15, 0.2) is 11.5 Å². The predicted octanol–water partition coefficient (Wildman–Crippen LogP) is 6.33. The van der Waals surface area contributed by atoms with Crippen molar-refractivity contribution in [3.8, 4) is 11.5 Å². The van der Waals surface area contributed by atoms with Gasteiger partial charge < -0.3 is 23.7 Å². The standard InChI is InChI=1S/C32H37NO6/c1-2-3-19-37-32(35)33-28(20-34)17-18-29(33)24-36-23-27-15-10-16-30(38-21-25-11-6-4-7-12-25)31(27)39-22-26-13-8-5-9-14-26/h4-16,20,28-29H,2-3,17-19,21-24H2,1H3. The molecule has 206 valence electrons. The van der Waals surface area contributed by atoms with Crippen molar-refractivity contribution in [2.45, 2.75) is 64.5 Å². The van der Waals surface area contributed by atoms with Crippen molar-refractivity contribution in [1.29, 1.82) is 0 Å². The molecule has 1 heterocycles. The summed E-state index contributed by atoms with van der Waals surface area (Å²) in [5, 5.41) is 0. The Hall–Kier alpha value is -3.84. The summed E-state index contributed by atoms with van der Waals surface area (Å²) in [6.07, 6.45) is 3.39. The van der Waals surface area contributed by atoms with E-state index < -0.39 is 12.1 Å². The van der Waals surface area contributed by atoms with Gasteiger partial charge in [0.2, 0.25) is 0 Å². The quantitative estimate of drug-likeness (QED) is 0.179. The lowest BCUT2D eigenvalue weighted by atomic mass is 10.2. The Morgan fingerprint density at radius 3 is 2.23 bits per heavy atom. The number of nitrogens with zero attached hydrogens (tertiary/aromatic N) is 1. The number of likely N-dealkylation sites (tertiary alicyclic amines) is 1. The Morgan fingerprint density at radius 2 is 1.56 bits per heavy atom. The van der Waals surface area contributed by atoms with Gasteiger partial charge in [0.05, 0.1) is 31.9 Å². The fourth-order valence-corrected chi connectivity index (χ4v) is 4.59. The molecule has 0 saturated carbocycles. The summed E-state index contributed by atoms with van der Waals surface area (Å²) in [6, 6.07) is 25.0. The molecule has 7 nitrogen and oxygen atoms in total. The number of unbranched alkanes of at least 4 members (excludes halogenated alkanes) is 1. The van der Waals surface area contributed by atoms with E-state index in [4.69, 9.17) is 18.9 Å². The van der Waals surface area contributed by atoms with Gasteiger partial charge in [0.1, 0.15) is 19.5 Å². The van der Waals surface area contributed by atoms with Gasteiger partial charge in [0, 0.05) is 5.56 Å². The fourth-order valence-electron chi connectivity index (χ4n) is 4.59. The molecular weight excluding hydrogens is 494 g/mol. The summed E-state index contributed by atoms with van der Waals surface area (Å²) < 4.78 is 24.0. The second-order valence-electron chi connectivity index (χ2n) is 9.62. The lowest BCUT2D eigenvalue weighted by molar-refractivity contribution is -0.111. The zero-order chi connectivity index (χ0) is 27.3. The van der Waals surface area contributed by atoms with Crippen molar-refractivity contribution in [3.63, 3.8) is 0 Å². The highest BCUT2D eigenvalue weighted by Gasteiger charge is 2.38. The molecule has 0 aromatic heterocycles. The van der Waals surface area contributed by atoms with E-state index in [1.807, 2.05) is 85.8 Å².